The maximum atomic E-state index is 14.2. The number of rotatable bonds is 8. The number of pyridine rings is 1. The molecule has 7 heteroatoms. The van der Waals surface area contributed by atoms with Crippen LogP contribution < -0.4 is 9.64 Å². The maximum Gasteiger partial charge on any atom is 0.231 e. The number of aryl methyl sites for hydroxylation is 1. The van der Waals surface area contributed by atoms with Crippen molar-refractivity contribution in [2.24, 2.45) is 11.3 Å². The molecule has 2 bridgehead atoms. The number of anilines is 1. The number of ether oxygens (including phenoxy) is 1. The molecule has 0 saturated heterocycles. The largest absolute Gasteiger partial charge is 0.496 e. The van der Waals surface area contributed by atoms with Gasteiger partial charge in [-0.25, -0.2) is 4.98 Å². The Morgan fingerprint density at radius 1 is 1.05 bits per heavy atom. The Kier molecular flexibility index (Phi) is 7.90. The molecule has 7 rings (SSSR count). The highest BCUT2D eigenvalue weighted by atomic mass is 16.5. The minimum absolute atomic E-state index is 0.0625. The van der Waals surface area contributed by atoms with Crippen molar-refractivity contribution in [1.82, 2.24) is 14.8 Å². The lowest BCUT2D eigenvalue weighted by Crippen LogP contribution is -2.52. The molecule has 2 aromatic heterocycles. The van der Waals surface area contributed by atoms with E-state index in [1.807, 2.05) is 28.0 Å². The van der Waals surface area contributed by atoms with Crippen molar-refractivity contribution in [3.05, 3.63) is 60.0 Å². The van der Waals surface area contributed by atoms with E-state index >= 15 is 0 Å². The van der Waals surface area contributed by atoms with E-state index in [1.54, 1.807) is 7.11 Å². The number of aliphatic hydroxyl groups excluding tert-OH is 1. The number of carbonyl (C=O) groups is 1. The number of fused-ring (bicyclic) bond motifs is 3. The summed E-state index contributed by atoms with van der Waals surface area (Å²) < 4.78 is 7.49. The van der Waals surface area contributed by atoms with Crippen molar-refractivity contribution in [2.75, 3.05) is 18.6 Å². The number of carbonyl (C=O) groups excluding carboxylic acids is 1. The van der Waals surface area contributed by atoms with E-state index in [2.05, 4.69) is 56.3 Å². The summed E-state index contributed by atoms with van der Waals surface area (Å²) in [7, 11) is 1.74. The van der Waals surface area contributed by atoms with Gasteiger partial charge in [-0.1, -0.05) is 12.1 Å². The molecule has 1 amide bonds. The zero-order chi connectivity index (χ0) is 29.5. The fraction of sp³-hybridized carbons (Fsp3) is 0.571. The van der Waals surface area contributed by atoms with Gasteiger partial charge in [-0.15, -0.1) is 0 Å². The van der Waals surface area contributed by atoms with Crippen LogP contribution in [0.25, 0.3) is 11.1 Å². The third-order valence-corrected chi connectivity index (χ3v) is 10.7. The first-order valence-corrected chi connectivity index (χ1v) is 15.9. The Labute approximate surface area is 250 Å². The predicted octanol–water partition coefficient (Wildman–Crippen LogP) is 7.02. The van der Waals surface area contributed by atoms with Crippen LogP contribution in [0.4, 0.5) is 5.82 Å². The van der Waals surface area contributed by atoms with Gasteiger partial charge in [0.15, 0.2) is 0 Å². The Morgan fingerprint density at radius 2 is 1.76 bits per heavy atom. The van der Waals surface area contributed by atoms with Gasteiger partial charge in [-0.05, 0) is 131 Å². The smallest absolute Gasteiger partial charge is 0.231 e. The van der Waals surface area contributed by atoms with Gasteiger partial charge in [0.25, 0.3) is 0 Å². The van der Waals surface area contributed by atoms with Crippen LogP contribution in [0.15, 0.2) is 48.9 Å². The molecule has 1 N–H and O–H groups in total. The number of hydrogen-bond donors (Lipinski definition) is 1. The lowest BCUT2D eigenvalue weighted by atomic mass is 9.51. The van der Waals surface area contributed by atoms with Crippen LogP contribution >= 0.6 is 0 Å². The first-order chi connectivity index (χ1) is 20.2. The highest BCUT2D eigenvalue weighted by molar-refractivity contribution is 5.95. The molecule has 0 spiro atoms. The second kappa shape index (κ2) is 11.5. The van der Waals surface area contributed by atoms with E-state index in [1.165, 1.54) is 11.1 Å². The summed E-state index contributed by atoms with van der Waals surface area (Å²) in [6, 6.07) is 11.1. The summed E-state index contributed by atoms with van der Waals surface area (Å²) in [5.74, 6) is 1.80. The molecule has 224 valence electrons. The number of amides is 1. The van der Waals surface area contributed by atoms with E-state index < -0.39 is 0 Å². The molecule has 0 aliphatic heterocycles. The normalized spacial score (nSPS) is 27.3. The molecule has 2 heterocycles. The summed E-state index contributed by atoms with van der Waals surface area (Å²) in [4.78, 5) is 21.1. The third-order valence-electron chi connectivity index (χ3n) is 10.7. The lowest BCUT2D eigenvalue weighted by Gasteiger charge is -2.55. The van der Waals surface area contributed by atoms with E-state index in [-0.39, 0.29) is 34.8 Å². The van der Waals surface area contributed by atoms with Gasteiger partial charge in [0.2, 0.25) is 5.91 Å². The summed E-state index contributed by atoms with van der Waals surface area (Å²) >= 11 is 0. The second-order valence-electron chi connectivity index (χ2n) is 13.6. The maximum absolute atomic E-state index is 14.2. The Morgan fingerprint density at radius 3 is 2.38 bits per heavy atom. The molecule has 42 heavy (non-hydrogen) atoms. The van der Waals surface area contributed by atoms with E-state index in [4.69, 9.17) is 9.72 Å². The average Bonchev–Trinajstić information content (AvgIpc) is 3.52. The van der Waals surface area contributed by atoms with Gasteiger partial charge in [-0.2, -0.15) is 5.10 Å². The molecule has 3 aromatic rings. The zero-order valence-corrected chi connectivity index (χ0v) is 25.7. The first kappa shape index (κ1) is 28.9. The van der Waals surface area contributed by atoms with Gasteiger partial charge in [-0.3, -0.25) is 14.4 Å². The van der Waals surface area contributed by atoms with Crippen molar-refractivity contribution < 1.29 is 14.6 Å². The van der Waals surface area contributed by atoms with Crippen molar-refractivity contribution >= 4 is 11.7 Å². The predicted molar refractivity (Wildman–Crippen MR) is 166 cm³/mol. The Hall–Kier alpha value is -3.19. The number of nitrogens with zero attached hydrogens (tertiary/aromatic N) is 4. The fourth-order valence-electron chi connectivity index (χ4n) is 7.81. The topological polar surface area (TPSA) is 80.5 Å². The van der Waals surface area contributed by atoms with Crippen LogP contribution in [0.3, 0.4) is 0 Å². The van der Waals surface area contributed by atoms with Crippen LogP contribution in [-0.2, 0) is 10.2 Å². The number of aliphatic hydroxyl groups is 1. The molecule has 4 aliphatic carbocycles. The van der Waals surface area contributed by atoms with Gasteiger partial charge >= 0.3 is 0 Å². The van der Waals surface area contributed by atoms with E-state index in [0.717, 1.165) is 74.1 Å². The fourth-order valence-corrected chi connectivity index (χ4v) is 7.81. The number of benzene rings is 1. The summed E-state index contributed by atoms with van der Waals surface area (Å²) in [6.45, 7) is 7.09. The molecule has 7 nitrogen and oxygen atoms in total. The summed E-state index contributed by atoms with van der Waals surface area (Å²) in [5.41, 5.74) is 5.04. The molecule has 4 fully saturated rings. The van der Waals surface area contributed by atoms with Crippen LogP contribution in [0.1, 0.15) is 95.2 Å². The van der Waals surface area contributed by atoms with Crippen LogP contribution in [0, 0.1) is 18.3 Å². The number of aromatic nitrogens is 3. The Bertz CT molecular complexity index is 1400. The van der Waals surface area contributed by atoms with Crippen molar-refractivity contribution in [2.45, 2.75) is 103 Å². The standard InChI is InChI=1S/C35H46N4O3/c1-24(2)39-22-28(21-37-39)27-11-18-36-32(20-27)38(33(41)26-5-8-30(40)9-6-26)23-34-12-15-35(16-13-34,17-14-34)29-7-10-31(42-4)25(3)19-29/h7,10-11,18-22,24,26,30,40H,5-6,8-9,12-17,23H2,1-4H3/t26-,30-,34?,35?. The lowest BCUT2D eigenvalue weighted by molar-refractivity contribution is -0.124. The molecule has 1 aromatic carbocycles. The molecule has 4 aliphatic rings. The van der Waals surface area contributed by atoms with Crippen molar-refractivity contribution in [3.63, 3.8) is 0 Å². The SMILES string of the molecule is COc1ccc(C23CCC(CN(c4cc(-c5cnn(C(C)C)c5)ccn4)C(=O)[C@H]4CC[C@H](O)CC4)(CC2)CC3)cc1C. The van der Waals surface area contributed by atoms with Crippen LogP contribution in [0.2, 0.25) is 0 Å². The molecule has 4 saturated carbocycles. The summed E-state index contributed by atoms with van der Waals surface area (Å²) in [6.07, 6.45) is 15.2. The number of methoxy groups -OCH3 is 1. The average molecular weight is 571 g/mol. The molecule has 0 radical (unpaired) electrons. The zero-order valence-electron chi connectivity index (χ0n) is 25.7. The minimum atomic E-state index is -0.286. The Balaban J connectivity index is 1.27. The quantitative estimate of drug-likeness (QED) is 0.315. The van der Waals surface area contributed by atoms with Gasteiger partial charge in [0.05, 0.1) is 19.4 Å². The molecular weight excluding hydrogens is 524 g/mol. The minimum Gasteiger partial charge on any atom is -0.496 e. The molecule has 0 atom stereocenters. The van der Waals surface area contributed by atoms with Gasteiger partial charge in [0, 0.05) is 36.5 Å². The molecule has 0 unspecified atom stereocenters. The highest BCUT2D eigenvalue weighted by Gasteiger charge is 2.50. The van der Waals surface area contributed by atoms with E-state index in [9.17, 15) is 9.90 Å². The van der Waals surface area contributed by atoms with Crippen LogP contribution in [-0.4, -0.2) is 45.5 Å². The second-order valence-corrected chi connectivity index (χ2v) is 13.6. The van der Waals surface area contributed by atoms with Gasteiger partial charge in [0.1, 0.15) is 11.6 Å². The van der Waals surface area contributed by atoms with Crippen LogP contribution in [0.5, 0.6) is 5.75 Å². The molecular formula is C35H46N4O3. The first-order valence-electron chi connectivity index (χ1n) is 15.9. The monoisotopic (exact) mass is 570 g/mol. The third kappa shape index (κ3) is 5.48. The number of hydrogen-bond acceptors (Lipinski definition) is 5. The van der Waals surface area contributed by atoms with Crippen molar-refractivity contribution in [3.8, 4) is 16.9 Å². The summed E-state index contributed by atoms with van der Waals surface area (Å²) in [5, 5.41) is 14.7. The van der Waals surface area contributed by atoms with Gasteiger partial charge < -0.3 is 9.84 Å². The van der Waals surface area contributed by atoms with Crippen molar-refractivity contribution in [1.29, 1.82) is 0 Å². The highest BCUT2D eigenvalue weighted by Crippen LogP contribution is 2.58. The van der Waals surface area contributed by atoms with E-state index in [0.29, 0.717) is 19.4 Å².